The predicted molar refractivity (Wildman–Crippen MR) is 26.2 cm³/mol. The number of ether oxygens (including phenoxy) is 1. The molecule has 0 saturated heterocycles. The first kappa shape index (κ1) is 7.81. The monoisotopic (exact) mass is 156 g/mol. The molecule has 1 aliphatic carbocycles. The van der Waals surface area contributed by atoms with Crippen LogP contribution in [0.15, 0.2) is 0 Å². The summed E-state index contributed by atoms with van der Waals surface area (Å²) in [6, 6.07) is 0. The van der Waals surface area contributed by atoms with Crippen LogP contribution in [0.3, 0.4) is 0 Å². The van der Waals surface area contributed by atoms with E-state index in [9.17, 15) is 13.2 Å². The summed E-state index contributed by atoms with van der Waals surface area (Å²) in [5.41, 5.74) is 0. The normalized spacial score (nSPS) is 22.8. The molecular weight excluding hydrogens is 149 g/mol. The number of halogens is 3. The zero-order valence-electron chi connectivity index (χ0n) is 5.06. The van der Waals surface area contributed by atoms with E-state index in [1.54, 1.807) is 0 Å². The molecule has 1 unspecified atom stereocenters. The van der Waals surface area contributed by atoms with Crippen molar-refractivity contribution >= 4 is 0 Å². The molecule has 10 heavy (non-hydrogen) atoms. The van der Waals surface area contributed by atoms with Crippen molar-refractivity contribution in [3.8, 4) is 0 Å². The SMILES string of the molecule is OC(OC1CC1)C(F)(F)F. The van der Waals surface area contributed by atoms with Gasteiger partial charge in [0.05, 0.1) is 6.10 Å². The van der Waals surface area contributed by atoms with E-state index < -0.39 is 12.5 Å². The number of rotatable bonds is 2. The Balaban J connectivity index is 2.25. The summed E-state index contributed by atoms with van der Waals surface area (Å²) in [6.07, 6.45) is -6.38. The largest absolute Gasteiger partial charge is 0.439 e. The molecule has 1 fully saturated rings. The number of hydrogen-bond acceptors (Lipinski definition) is 2. The van der Waals surface area contributed by atoms with E-state index in [1.807, 2.05) is 0 Å². The van der Waals surface area contributed by atoms with Crippen molar-refractivity contribution in [1.82, 2.24) is 0 Å². The highest BCUT2D eigenvalue weighted by atomic mass is 19.4. The first-order chi connectivity index (χ1) is 4.50. The summed E-state index contributed by atoms with van der Waals surface area (Å²) >= 11 is 0. The Hall–Kier alpha value is -0.290. The van der Waals surface area contributed by atoms with Crippen LogP contribution in [0.5, 0.6) is 0 Å². The van der Waals surface area contributed by atoms with Gasteiger partial charge in [-0.1, -0.05) is 0 Å². The summed E-state index contributed by atoms with van der Waals surface area (Å²) in [6.45, 7) is 0. The molecule has 0 amide bonds. The Morgan fingerprint density at radius 3 is 2.20 bits per heavy atom. The Bertz CT molecular complexity index is 119. The molecule has 5 heteroatoms. The maximum Gasteiger partial charge on any atom is 0.439 e. The summed E-state index contributed by atoms with van der Waals surface area (Å²) in [7, 11) is 0. The van der Waals surface area contributed by atoms with Gasteiger partial charge in [0, 0.05) is 0 Å². The van der Waals surface area contributed by atoms with Gasteiger partial charge in [-0.05, 0) is 12.8 Å². The molecule has 1 rings (SSSR count). The van der Waals surface area contributed by atoms with Crippen LogP contribution < -0.4 is 0 Å². The van der Waals surface area contributed by atoms with E-state index >= 15 is 0 Å². The van der Waals surface area contributed by atoms with Crippen molar-refractivity contribution in [2.75, 3.05) is 0 Å². The van der Waals surface area contributed by atoms with Crippen LogP contribution in [-0.4, -0.2) is 23.7 Å². The molecule has 0 radical (unpaired) electrons. The standard InChI is InChI=1S/C5H7F3O2/c6-5(7,8)4(9)10-3-1-2-3/h3-4,9H,1-2H2. The van der Waals surface area contributed by atoms with E-state index in [4.69, 9.17) is 5.11 Å². The van der Waals surface area contributed by atoms with Gasteiger partial charge in [0.15, 0.2) is 0 Å². The molecule has 2 nitrogen and oxygen atoms in total. The molecule has 0 aromatic heterocycles. The lowest BCUT2D eigenvalue weighted by Crippen LogP contribution is -2.31. The van der Waals surface area contributed by atoms with Crippen molar-refractivity contribution in [1.29, 1.82) is 0 Å². The van der Waals surface area contributed by atoms with E-state index in [1.165, 1.54) is 0 Å². The average Bonchev–Trinajstić information content (AvgIpc) is 2.47. The van der Waals surface area contributed by atoms with Crippen LogP contribution in [0.1, 0.15) is 12.8 Å². The zero-order chi connectivity index (χ0) is 7.78. The maximum absolute atomic E-state index is 11.5. The molecule has 1 N–H and O–H groups in total. The molecule has 0 heterocycles. The lowest BCUT2D eigenvalue weighted by Gasteiger charge is -2.13. The molecular formula is C5H7F3O2. The topological polar surface area (TPSA) is 29.5 Å². The highest BCUT2D eigenvalue weighted by molar-refractivity contribution is 4.74. The van der Waals surface area contributed by atoms with E-state index in [2.05, 4.69) is 4.74 Å². The van der Waals surface area contributed by atoms with E-state index in [0.29, 0.717) is 12.8 Å². The fourth-order valence-corrected chi connectivity index (χ4v) is 0.464. The van der Waals surface area contributed by atoms with Gasteiger partial charge in [-0.2, -0.15) is 13.2 Å². The summed E-state index contributed by atoms with van der Waals surface area (Å²) in [5, 5.41) is 8.25. The van der Waals surface area contributed by atoms with E-state index in [-0.39, 0.29) is 6.10 Å². The van der Waals surface area contributed by atoms with Gasteiger partial charge >= 0.3 is 6.18 Å². The minimum atomic E-state index is -4.64. The minimum Gasteiger partial charge on any atom is -0.361 e. The molecule has 60 valence electrons. The van der Waals surface area contributed by atoms with Crippen molar-refractivity contribution < 1.29 is 23.0 Å². The molecule has 0 aromatic rings. The third kappa shape index (κ3) is 2.15. The third-order valence-electron chi connectivity index (χ3n) is 1.13. The minimum absolute atomic E-state index is 0.378. The van der Waals surface area contributed by atoms with Crippen molar-refractivity contribution in [3.05, 3.63) is 0 Å². The molecule has 1 aliphatic rings. The van der Waals surface area contributed by atoms with Crippen LogP contribution in [-0.2, 0) is 4.74 Å². The lowest BCUT2D eigenvalue weighted by atomic mass is 10.6. The van der Waals surface area contributed by atoms with Gasteiger partial charge in [-0.25, -0.2) is 0 Å². The van der Waals surface area contributed by atoms with E-state index in [0.717, 1.165) is 0 Å². The first-order valence-electron chi connectivity index (χ1n) is 2.90. The maximum atomic E-state index is 11.5. The number of aliphatic hydroxyl groups is 1. The molecule has 1 saturated carbocycles. The fraction of sp³-hybridized carbons (Fsp3) is 1.00. The second-order valence-corrected chi connectivity index (χ2v) is 2.23. The Labute approximate surface area is 55.6 Å². The summed E-state index contributed by atoms with van der Waals surface area (Å²) in [5.74, 6) is 0. The molecule has 0 bridgehead atoms. The smallest absolute Gasteiger partial charge is 0.361 e. The Kier molecular flexibility index (Phi) is 1.87. The lowest BCUT2D eigenvalue weighted by molar-refractivity contribution is -0.296. The molecule has 0 aromatic carbocycles. The van der Waals surface area contributed by atoms with Gasteiger partial charge < -0.3 is 9.84 Å². The molecule has 1 atom stereocenters. The highest BCUT2D eigenvalue weighted by Gasteiger charge is 2.42. The van der Waals surface area contributed by atoms with Crippen molar-refractivity contribution in [2.45, 2.75) is 31.4 Å². The van der Waals surface area contributed by atoms with Crippen LogP contribution in [0.2, 0.25) is 0 Å². The zero-order valence-corrected chi connectivity index (χ0v) is 5.06. The van der Waals surface area contributed by atoms with Gasteiger partial charge in [0.2, 0.25) is 0 Å². The molecule has 0 aliphatic heterocycles. The Morgan fingerprint density at radius 2 is 1.90 bits per heavy atom. The molecule has 0 spiro atoms. The quantitative estimate of drug-likeness (QED) is 0.605. The number of aliphatic hydroxyl groups excluding tert-OH is 1. The van der Waals surface area contributed by atoms with Crippen LogP contribution in [0.4, 0.5) is 13.2 Å². The average molecular weight is 156 g/mol. The van der Waals surface area contributed by atoms with Crippen LogP contribution in [0.25, 0.3) is 0 Å². The van der Waals surface area contributed by atoms with Crippen LogP contribution in [0, 0.1) is 0 Å². The third-order valence-corrected chi connectivity index (χ3v) is 1.13. The van der Waals surface area contributed by atoms with Crippen molar-refractivity contribution in [3.63, 3.8) is 0 Å². The number of alkyl halides is 3. The van der Waals surface area contributed by atoms with Crippen LogP contribution >= 0.6 is 0 Å². The summed E-state index contributed by atoms with van der Waals surface area (Å²) < 4.78 is 38.5. The summed E-state index contributed by atoms with van der Waals surface area (Å²) in [4.78, 5) is 0. The number of hydrogen-bond donors (Lipinski definition) is 1. The van der Waals surface area contributed by atoms with Crippen molar-refractivity contribution in [2.24, 2.45) is 0 Å². The highest BCUT2D eigenvalue weighted by Crippen LogP contribution is 2.29. The first-order valence-corrected chi connectivity index (χ1v) is 2.90. The Morgan fingerprint density at radius 1 is 1.40 bits per heavy atom. The second kappa shape index (κ2) is 2.39. The van der Waals surface area contributed by atoms with Gasteiger partial charge in [0.25, 0.3) is 6.29 Å². The predicted octanol–water partition coefficient (Wildman–Crippen LogP) is 1.05. The van der Waals surface area contributed by atoms with Gasteiger partial charge in [-0.3, -0.25) is 0 Å². The van der Waals surface area contributed by atoms with Gasteiger partial charge in [0.1, 0.15) is 0 Å². The second-order valence-electron chi connectivity index (χ2n) is 2.23. The van der Waals surface area contributed by atoms with Gasteiger partial charge in [-0.15, -0.1) is 0 Å². The fourth-order valence-electron chi connectivity index (χ4n) is 0.464.